The van der Waals surface area contributed by atoms with E-state index in [4.69, 9.17) is 0 Å². The summed E-state index contributed by atoms with van der Waals surface area (Å²) in [6.07, 6.45) is 0.709. The van der Waals surface area contributed by atoms with E-state index in [1.54, 1.807) is 11.0 Å². The highest BCUT2D eigenvalue weighted by molar-refractivity contribution is 5.94. The molecule has 1 fully saturated rings. The third-order valence-electron chi connectivity index (χ3n) is 5.20. The predicted molar refractivity (Wildman–Crippen MR) is 99.8 cm³/mol. The second-order valence-electron chi connectivity index (χ2n) is 6.80. The molecule has 0 spiro atoms. The normalized spacial score (nSPS) is 15.9. The topological polar surface area (TPSA) is 78.7 Å². The van der Waals surface area contributed by atoms with Crippen LogP contribution in [-0.4, -0.2) is 48.5 Å². The van der Waals surface area contributed by atoms with E-state index in [0.717, 1.165) is 29.9 Å². The van der Waals surface area contributed by atoms with Crippen molar-refractivity contribution in [3.63, 3.8) is 0 Å². The van der Waals surface area contributed by atoms with E-state index in [1.165, 1.54) is 12.1 Å². The van der Waals surface area contributed by atoms with Crippen molar-refractivity contribution in [1.29, 1.82) is 0 Å². The van der Waals surface area contributed by atoms with E-state index in [-0.39, 0.29) is 22.1 Å². The number of anilines is 2. The molecular formula is C19H18F2N4O3. The van der Waals surface area contributed by atoms with Crippen LogP contribution in [0.2, 0.25) is 0 Å². The molecule has 0 bridgehead atoms. The number of hydrogen-bond donors (Lipinski definition) is 1. The maximum Gasteiger partial charge on any atom is 0.292 e. The zero-order chi connectivity index (χ0) is 19.8. The quantitative estimate of drug-likeness (QED) is 0.646. The van der Waals surface area contributed by atoms with Gasteiger partial charge in [-0.15, -0.1) is 0 Å². The van der Waals surface area contributed by atoms with E-state index < -0.39 is 11.6 Å². The second kappa shape index (κ2) is 7.06. The van der Waals surface area contributed by atoms with Crippen molar-refractivity contribution in [2.45, 2.75) is 6.42 Å². The molecule has 7 nitrogen and oxygen atoms in total. The van der Waals surface area contributed by atoms with Crippen molar-refractivity contribution in [2.24, 2.45) is 0 Å². The van der Waals surface area contributed by atoms with Gasteiger partial charge in [0, 0.05) is 55.6 Å². The molecule has 0 aliphatic carbocycles. The van der Waals surface area contributed by atoms with Crippen molar-refractivity contribution >= 4 is 23.0 Å². The Hall–Kier alpha value is -3.23. The lowest BCUT2D eigenvalue weighted by atomic mass is 10.1. The van der Waals surface area contributed by atoms with Crippen LogP contribution in [-0.2, 0) is 6.42 Å². The van der Waals surface area contributed by atoms with Gasteiger partial charge in [-0.1, -0.05) is 0 Å². The first-order valence-corrected chi connectivity index (χ1v) is 8.99. The number of carbonyl (C=O) groups excluding carboxylic acids is 1. The Balaban J connectivity index is 1.53. The molecule has 0 atom stereocenters. The van der Waals surface area contributed by atoms with Crippen LogP contribution in [0.15, 0.2) is 30.3 Å². The Morgan fingerprint density at radius 3 is 2.50 bits per heavy atom. The maximum atomic E-state index is 13.4. The summed E-state index contributed by atoms with van der Waals surface area (Å²) in [5.41, 5.74) is 2.58. The summed E-state index contributed by atoms with van der Waals surface area (Å²) in [6, 6.07) is 6.32. The number of rotatable bonds is 3. The first kappa shape index (κ1) is 18.1. The number of nitrogens with zero attached hydrogens (tertiary/aromatic N) is 3. The van der Waals surface area contributed by atoms with Crippen molar-refractivity contribution < 1.29 is 18.5 Å². The molecule has 28 heavy (non-hydrogen) atoms. The summed E-state index contributed by atoms with van der Waals surface area (Å²) >= 11 is 0. The number of fused-ring (bicyclic) bond motifs is 1. The average molecular weight is 388 g/mol. The first-order chi connectivity index (χ1) is 13.5. The fraction of sp³-hybridized carbons (Fsp3) is 0.316. The summed E-state index contributed by atoms with van der Waals surface area (Å²) in [7, 11) is 0. The highest BCUT2D eigenvalue weighted by atomic mass is 19.2. The van der Waals surface area contributed by atoms with Crippen LogP contribution in [0.5, 0.6) is 0 Å². The molecule has 2 heterocycles. The molecule has 0 saturated carbocycles. The van der Waals surface area contributed by atoms with E-state index in [2.05, 4.69) is 5.32 Å². The monoisotopic (exact) mass is 388 g/mol. The number of nitro benzene ring substituents is 1. The van der Waals surface area contributed by atoms with Crippen molar-refractivity contribution in [1.82, 2.24) is 4.90 Å². The number of nitro groups is 1. The van der Waals surface area contributed by atoms with Gasteiger partial charge in [-0.3, -0.25) is 14.9 Å². The molecule has 2 aromatic carbocycles. The molecule has 146 valence electrons. The third-order valence-corrected chi connectivity index (χ3v) is 5.20. The number of carbonyl (C=O) groups is 1. The molecule has 2 aliphatic rings. The Bertz CT molecular complexity index is 958. The molecule has 0 aromatic heterocycles. The number of amides is 1. The maximum absolute atomic E-state index is 13.4. The van der Waals surface area contributed by atoms with Gasteiger partial charge in [-0.2, -0.15) is 0 Å². The van der Waals surface area contributed by atoms with Gasteiger partial charge in [0.2, 0.25) is 0 Å². The van der Waals surface area contributed by atoms with Gasteiger partial charge in [-0.25, -0.2) is 8.78 Å². The van der Waals surface area contributed by atoms with E-state index >= 15 is 0 Å². The molecule has 4 rings (SSSR count). The highest BCUT2D eigenvalue weighted by Gasteiger charge is 2.31. The molecule has 0 radical (unpaired) electrons. The van der Waals surface area contributed by atoms with Crippen LogP contribution in [0.3, 0.4) is 0 Å². The van der Waals surface area contributed by atoms with E-state index in [9.17, 15) is 23.7 Å². The largest absolute Gasteiger partial charge is 0.384 e. The van der Waals surface area contributed by atoms with Gasteiger partial charge in [-0.05, 0) is 30.7 Å². The molecule has 1 saturated heterocycles. The Labute approximate surface area is 159 Å². The molecule has 2 aliphatic heterocycles. The summed E-state index contributed by atoms with van der Waals surface area (Å²) in [5.74, 6) is -2.44. The van der Waals surface area contributed by atoms with Crippen molar-refractivity contribution in [3.8, 4) is 0 Å². The Morgan fingerprint density at radius 2 is 1.82 bits per heavy atom. The first-order valence-electron chi connectivity index (χ1n) is 8.99. The lowest BCUT2D eigenvalue weighted by Gasteiger charge is -2.36. The average Bonchev–Trinajstić information content (AvgIpc) is 3.17. The van der Waals surface area contributed by atoms with Gasteiger partial charge in [0.15, 0.2) is 11.6 Å². The smallest absolute Gasteiger partial charge is 0.292 e. The van der Waals surface area contributed by atoms with Crippen LogP contribution in [0.25, 0.3) is 0 Å². The fourth-order valence-electron chi connectivity index (χ4n) is 3.81. The Morgan fingerprint density at radius 1 is 1.07 bits per heavy atom. The van der Waals surface area contributed by atoms with Gasteiger partial charge in [0.25, 0.3) is 11.6 Å². The van der Waals surface area contributed by atoms with Gasteiger partial charge in [0.05, 0.1) is 4.92 Å². The van der Waals surface area contributed by atoms with E-state index in [1.807, 2.05) is 4.90 Å². The minimum absolute atomic E-state index is 0.0582. The number of hydrogen-bond acceptors (Lipinski definition) is 5. The SMILES string of the molecule is O=C(c1ccc(F)c(F)c1)N1CCN(c2c([N+](=O)[O-])ccc3c2CCN3)CC1. The van der Waals surface area contributed by atoms with E-state index in [0.29, 0.717) is 38.3 Å². The van der Waals surface area contributed by atoms with Crippen LogP contribution in [0.1, 0.15) is 15.9 Å². The molecular weight excluding hydrogens is 370 g/mol. The van der Waals surface area contributed by atoms with Crippen LogP contribution < -0.4 is 10.2 Å². The summed E-state index contributed by atoms with van der Waals surface area (Å²) in [5, 5.41) is 14.7. The standard InChI is InChI=1S/C19H18F2N4O3/c20-14-2-1-12(11-15(14)21)19(26)24-9-7-23(8-10-24)18-13-5-6-22-16(13)3-4-17(18)25(27)28/h1-4,11,22H,5-10H2. The summed E-state index contributed by atoms with van der Waals surface area (Å²) in [4.78, 5) is 27.2. The second-order valence-corrected chi connectivity index (χ2v) is 6.80. The summed E-state index contributed by atoms with van der Waals surface area (Å²) in [6.45, 7) is 2.26. The third kappa shape index (κ3) is 3.12. The zero-order valence-corrected chi connectivity index (χ0v) is 15.0. The molecule has 1 amide bonds. The number of nitrogens with one attached hydrogen (secondary N) is 1. The van der Waals surface area contributed by atoms with Crippen LogP contribution in [0.4, 0.5) is 25.8 Å². The van der Waals surface area contributed by atoms with Crippen LogP contribution in [0, 0.1) is 21.7 Å². The van der Waals surface area contributed by atoms with Gasteiger partial charge in [0.1, 0.15) is 5.69 Å². The number of piperazine rings is 1. The van der Waals surface area contributed by atoms with Gasteiger partial charge < -0.3 is 15.1 Å². The highest BCUT2D eigenvalue weighted by Crippen LogP contribution is 2.39. The Kier molecular flexibility index (Phi) is 4.58. The lowest BCUT2D eigenvalue weighted by molar-refractivity contribution is -0.384. The lowest BCUT2D eigenvalue weighted by Crippen LogP contribution is -2.49. The molecule has 2 aromatic rings. The number of halogens is 2. The fourth-order valence-corrected chi connectivity index (χ4v) is 3.81. The minimum atomic E-state index is -1.06. The van der Waals surface area contributed by atoms with Crippen molar-refractivity contribution in [3.05, 3.63) is 63.2 Å². The molecule has 0 unspecified atom stereocenters. The minimum Gasteiger partial charge on any atom is -0.384 e. The zero-order valence-electron chi connectivity index (χ0n) is 15.0. The van der Waals surface area contributed by atoms with Gasteiger partial charge >= 0.3 is 0 Å². The predicted octanol–water partition coefficient (Wildman–Crippen LogP) is 2.80. The van der Waals surface area contributed by atoms with Crippen molar-refractivity contribution in [2.75, 3.05) is 42.9 Å². The summed E-state index contributed by atoms with van der Waals surface area (Å²) < 4.78 is 26.5. The molecule has 9 heteroatoms. The molecule has 1 N–H and O–H groups in total. The van der Waals surface area contributed by atoms with Crippen LogP contribution >= 0.6 is 0 Å². The number of benzene rings is 2.